The van der Waals surface area contributed by atoms with Crippen LogP contribution in [-0.4, -0.2) is 64.4 Å². The summed E-state index contributed by atoms with van der Waals surface area (Å²) in [6.45, 7) is 5.45. The van der Waals surface area contributed by atoms with E-state index in [4.69, 9.17) is 14.2 Å². The molecule has 2 aromatic rings. The van der Waals surface area contributed by atoms with Crippen molar-refractivity contribution in [1.82, 2.24) is 9.80 Å². The molecule has 0 radical (unpaired) electrons. The number of ether oxygens (including phenoxy) is 3. The molecule has 1 fully saturated rings. The molecule has 0 N–H and O–H groups in total. The van der Waals surface area contributed by atoms with E-state index in [1.54, 1.807) is 21.3 Å². The van der Waals surface area contributed by atoms with Gasteiger partial charge in [0.1, 0.15) is 17.2 Å². The van der Waals surface area contributed by atoms with Crippen molar-refractivity contribution in [3.05, 3.63) is 53.6 Å². The fourth-order valence-electron chi connectivity index (χ4n) is 4.14. The SMILES string of the molecule is COc1ccc(CCN(Cc2cc(OC)cc(OC)c2)CC2CCN(C)CC2)cc1. The second-order valence-electron chi connectivity index (χ2n) is 8.30. The zero-order valence-corrected chi connectivity index (χ0v) is 18.9. The van der Waals surface area contributed by atoms with Crippen LogP contribution >= 0.6 is 0 Å². The molecule has 3 rings (SSSR count). The molecule has 5 heteroatoms. The highest BCUT2D eigenvalue weighted by atomic mass is 16.5. The first-order valence-electron chi connectivity index (χ1n) is 10.9. The summed E-state index contributed by atoms with van der Waals surface area (Å²) in [4.78, 5) is 5.03. The Morgan fingerprint density at radius 3 is 2.00 bits per heavy atom. The summed E-state index contributed by atoms with van der Waals surface area (Å²) in [6, 6.07) is 14.6. The Kier molecular flexibility index (Phi) is 8.40. The van der Waals surface area contributed by atoms with E-state index in [1.165, 1.54) is 37.1 Å². The minimum absolute atomic E-state index is 0.754. The summed E-state index contributed by atoms with van der Waals surface area (Å²) in [5.41, 5.74) is 2.57. The van der Waals surface area contributed by atoms with E-state index >= 15 is 0 Å². The lowest BCUT2D eigenvalue weighted by molar-refractivity contribution is 0.156. The molecular weight excluding hydrogens is 376 g/mol. The van der Waals surface area contributed by atoms with Crippen molar-refractivity contribution in [1.29, 1.82) is 0 Å². The van der Waals surface area contributed by atoms with Crippen molar-refractivity contribution in [3.8, 4) is 17.2 Å². The number of hydrogen-bond acceptors (Lipinski definition) is 5. The third-order valence-corrected chi connectivity index (χ3v) is 6.05. The van der Waals surface area contributed by atoms with Crippen LogP contribution in [0.15, 0.2) is 42.5 Å². The maximum absolute atomic E-state index is 5.48. The van der Waals surface area contributed by atoms with Crippen molar-refractivity contribution in [3.63, 3.8) is 0 Å². The summed E-state index contributed by atoms with van der Waals surface area (Å²) in [7, 11) is 7.35. The number of hydrogen-bond donors (Lipinski definition) is 0. The van der Waals surface area contributed by atoms with Crippen LogP contribution in [0, 0.1) is 5.92 Å². The quantitative estimate of drug-likeness (QED) is 0.587. The number of rotatable bonds is 10. The molecule has 0 aromatic heterocycles. The van der Waals surface area contributed by atoms with Crippen LogP contribution < -0.4 is 14.2 Å². The fraction of sp³-hybridized carbons (Fsp3) is 0.520. The fourth-order valence-corrected chi connectivity index (χ4v) is 4.14. The van der Waals surface area contributed by atoms with E-state index in [0.717, 1.165) is 49.2 Å². The molecule has 1 aliphatic rings. The largest absolute Gasteiger partial charge is 0.497 e. The predicted octanol–water partition coefficient (Wildman–Crippen LogP) is 4.10. The van der Waals surface area contributed by atoms with Crippen molar-refractivity contribution < 1.29 is 14.2 Å². The van der Waals surface area contributed by atoms with Crippen LogP contribution in [0.4, 0.5) is 0 Å². The molecule has 1 heterocycles. The van der Waals surface area contributed by atoms with Gasteiger partial charge >= 0.3 is 0 Å². The van der Waals surface area contributed by atoms with Gasteiger partial charge in [0.15, 0.2) is 0 Å². The first-order valence-corrected chi connectivity index (χ1v) is 10.9. The van der Waals surface area contributed by atoms with Crippen molar-refractivity contribution in [2.24, 2.45) is 5.92 Å². The van der Waals surface area contributed by atoms with E-state index in [-0.39, 0.29) is 0 Å². The monoisotopic (exact) mass is 412 g/mol. The zero-order chi connectivity index (χ0) is 21.3. The van der Waals surface area contributed by atoms with Gasteiger partial charge in [0.2, 0.25) is 0 Å². The number of likely N-dealkylation sites (tertiary alicyclic amines) is 1. The van der Waals surface area contributed by atoms with Gasteiger partial charge in [0.25, 0.3) is 0 Å². The highest BCUT2D eigenvalue weighted by Crippen LogP contribution is 2.25. The van der Waals surface area contributed by atoms with Crippen molar-refractivity contribution >= 4 is 0 Å². The molecule has 0 aliphatic carbocycles. The molecule has 2 aromatic carbocycles. The predicted molar refractivity (Wildman–Crippen MR) is 122 cm³/mol. The van der Waals surface area contributed by atoms with Crippen LogP contribution in [0.25, 0.3) is 0 Å². The first kappa shape index (κ1) is 22.4. The molecule has 0 amide bonds. The van der Waals surface area contributed by atoms with Gasteiger partial charge in [-0.05, 0) is 80.7 Å². The smallest absolute Gasteiger partial charge is 0.122 e. The maximum Gasteiger partial charge on any atom is 0.122 e. The number of nitrogens with zero attached hydrogens (tertiary/aromatic N) is 2. The number of methoxy groups -OCH3 is 3. The highest BCUT2D eigenvalue weighted by Gasteiger charge is 2.20. The van der Waals surface area contributed by atoms with Crippen LogP contribution in [-0.2, 0) is 13.0 Å². The lowest BCUT2D eigenvalue weighted by Gasteiger charge is -2.33. The topological polar surface area (TPSA) is 34.2 Å². The molecule has 0 spiro atoms. The Morgan fingerprint density at radius 1 is 0.833 bits per heavy atom. The van der Waals surface area contributed by atoms with E-state index in [0.29, 0.717) is 0 Å². The standard InChI is InChI=1S/C25H36N2O3/c1-26-12-9-21(10-13-26)18-27(14-11-20-5-7-23(28-2)8-6-20)19-22-15-24(29-3)17-25(16-22)30-4/h5-8,15-17,21H,9-14,18-19H2,1-4H3. The lowest BCUT2D eigenvalue weighted by atomic mass is 9.96. The summed E-state index contributed by atoms with van der Waals surface area (Å²) in [5, 5.41) is 0. The molecular formula is C25H36N2O3. The van der Waals surface area contributed by atoms with Gasteiger partial charge < -0.3 is 19.1 Å². The third kappa shape index (κ3) is 6.64. The molecule has 5 nitrogen and oxygen atoms in total. The number of piperidine rings is 1. The number of benzene rings is 2. The van der Waals surface area contributed by atoms with Gasteiger partial charge in [-0.1, -0.05) is 12.1 Å². The van der Waals surface area contributed by atoms with E-state index < -0.39 is 0 Å². The molecule has 1 saturated heterocycles. The van der Waals surface area contributed by atoms with E-state index in [1.807, 2.05) is 18.2 Å². The summed E-state index contributed by atoms with van der Waals surface area (Å²) < 4.78 is 16.2. The molecule has 0 unspecified atom stereocenters. The summed E-state index contributed by atoms with van der Waals surface area (Å²) in [6.07, 6.45) is 3.58. The Labute approximate surface area is 181 Å². The summed E-state index contributed by atoms with van der Waals surface area (Å²) in [5.74, 6) is 3.35. The van der Waals surface area contributed by atoms with Gasteiger partial charge in [-0.2, -0.15) is 0 Å². The molecule has 0 bridgehead atoms. The highest BCUT2D eigenvalue weighted by molar-refractivity contribution is 5.38. The Hall–Kier alpha value is -2.24. The average Bonchev–Trinajstić information content (AvgIpc) is 2.79. The zero-order valence-electron chi connectivity index (χ0n) is 18.9. The van der Waals surface area contributed by atoms with E-state index in [9.17, 15) is 0 Å². The van der Waals surface area contributed by atoms with Gasteiger partial charge in [0.05, 0.1) is 21.3 Å². The van der Waals surface area contributed by atoms with Crippen molar-refractivity contribution in [2.75, 3.05) is 54.6 Å². The van der Waals surface area contributed by atoms with E-state index in [2.05, 4.69) is 41.1 Å². The second kappa shape index (κ2) is 11.2. The summed E-state index contributed by atoms with van der Waals surface area (Å²) >= 11 is 0. The molecule has 0 saturated carbocycles. The van der Waals surface area contributed by atoms with Gasteiger partial charge in [-0.3, -0.25) is 4.90 Å². The van der Waals surface area contributed by atoms with Crippen LogP contribution in [0.3, 0.4) is 0 Å². The van der Waals surface area contributed by atoms with Gasteiger partial charge in [-0.25, -0.2) is 0 Å². The normalized spacial score (nSPS) is 15.4. The second-order valence-corrected chi connectivity index (χ2v) is 8.30. The molecule has 164 valence electrons. The Bertz CT molecular complexity index is 748. The van der Waals surface area contributed by atoms with Crippen LogP contribution in [0.2, 0.25) is 0 Å². The Morgan fingerprint density at radius 2 is 1.43 bits per heavy atom. The average molecular weight is 413 g/mol. The lowest BCUT2D eigenvalue weighted by Crippen LogP contribution is -2.37. The molecule has 30 heavy (non-hydrogen) atoms. The van der Waals surface area contributed by atoms with Gasteiger partial charge in [-0.15, -0.1) is 0 Å². The van der Waals surface area contributed by atoms with Crippen LogP contribution in [0.1, 0.15) is 24.0 Å². The molecule has 1 aliphatic heterocycles. The maximum atomic E-state index is 5.48. The third-order valence-electron chi connectivity index (χ3n) is 6.05. The van der Waals surface area contributed by atoms with Gasteiger partial charge in [0, 0.05) is 25.7 Å². The van der Waals surface area contributed by atoms with Crippen LogP contribution in [0.5, 0.6) is 17.2 Å². The molecule has 0 atom stereocenters. The first-order chi connectivity index (χ1) is 14.6. The van der Waals surface area contributed by atoms with Crippen molar-refractivity contribution in [2.45, 2.75) is 25.8 Å². The minimum atomic E-state index is 0.754. The minimum Gasteiger partial charge on any atom is -0.497 e. The Balaban J connectivity index is 1.69.